The quantitative estimate of drug-likeness (QED) is 0.877. The average molecular weight is 293 g/mol. The molecule has 0 unspecified atom stereocenters. The van der Waals surface area contributed by atoms with Gasteiger partial charge in [0.2, 0.25) is 5.91 Å². The number of carbonyl (C=O) groups excluding carboxylic acids is 1. The van der Waals surface area contributed by atoms with Gasteiger partial charge in [0, 0.05) is 13.0 Å². The molecule has 0 aliphatic heterocycles. The summed E-state index contributed by atoms with van der Waals surface area (Å²) in [7, 11) is 0. The first-order valence-electron chi connectivity index (χ1n) is 6.19. The van der Waals surface area contributed by atoms with Crippen molar-refractivity contribution in [1.29, 1.82) is 0 Å². The number of hydrogen-bond acceptors (Lipinski definition) is 2. The molecule has 0 aliphatic carbocycles. The summed E-state index contributed by atoms with van der Waals surface area (Å²) >= 11 is 5.94. The van der Waals surface area contributed by atoms with Crippen molar-refractivity contribution in [3.05, 3.63) is 59.4 Å². The summed E-state index contributed by atoms with van der Waals surface area (Å²) in [6.45, 7) is 0.344. The summed E-state index contributed by atoms with van der Waals surface area (Å²) in [6, 6.07) is 13.4. The van der Waals surface area contributed by atoms with Crippen LogP contribution in [0, 0.1) is 5.82 Å². The van der Waals surface area contributed by atoms with Crippen molar-refractivity contribution in [3.63, 3.8) is 0 Å². The molecule has 0 spiro atoms. The fourth-order valence-electron chi connectivity index (χ4n) is 1.69. The van der Waals surface area contributed by atoms with E-state index in [0.29, 0.717) is 22.9 Å². The molecule has 1 amide bonds. The monoisotopic (exact) mass is 292 g/mol. The van der Waals surface area contributed by atoms with Gasteiger partial charge in [0.1, 0.15) is 5.82 Å². The standard InChI is InChI=1S/C15H14ClFN2O/c16-11-5-1-3-7-13(11)19-15(20)9-10-18-14-8-4-2-6-12(14)17/h1-8,18H,9-10H2,(H,19,20). The van der Waals surface area contributed by atoms with Gasteiger partial charge >= 0.3 is 0 Å². The van der Waals surface area contributed by atoms with Gasteiger partial charge in [-0.05, 0) is 24.3 Å². The van der Waals surface area contributed by atoms with E-state index in [0.717, 1.165) is 0 Å². The van der Waals surface area contributed by atoms with Gasteiger partial charge in [-0.1, -0.05) is 35.9 Å². The summed E-state index contributed by atoms with van der Waals surface area (Å²) in [6.07, 6.45) is 0.222. The molecule has 0 saturated heterocycles. The Morgan fingerprint density at radius 3 is 2.40 bits per heavy atom. The minimum atomic E-state index is -0.334. The number of anilines is 2. The Labute approximate surface area is 121 Å². The Morgan fingerprint density at radius 1 is 1.05 bits per heavy atom. The molecule has 104 valence electrons. The third-order valence-electron chi connectivity index (χ3n) is 2.69. The molecule has 5 heteroatoms. The predicted molar refractivity (Wildman–Crippen MR) is 79.6 cm³/mol. The molecule has 2 rings (SSSR count). The summed E-state index contributed by atoms with van der Waals surface area (Å²) in [4.78, 5) is 11.7. The van der Waals surface area contributed by atoms with Gasteiger partial charge in [-0.3, -0.25) is 4.79 Å². The zero-order valence-corrected chi connectivity index (χ0v) is 11.5. The lowest BCUT2D eigenvalue weighted by Gasteiger charge is -2.09. The molecule has 0 atom stereocenters. The maximum absolute atomic E-state index is 13.3. The van der Waals surface area contributed by atoms with Gasteiger partial charge in [-0.15, -0.1) is 0 Å². The lowest BCUT2D eigenvalue weighted by atomic mass is 10.3. The van der Waals surface area contributed by atoms with Gasteiger partial charge in [-0.25, -0.2) is 4.39 Å². The van der Waals surface area contributed by atoms with Crippen molar-refractivity contribution in [2.45, 2.75) is 6.42 Å². The van der Waals surface area contributed by atoms with Crippen LogP contribution in [0.25, 0.3) is 0 Å². The summed E-state index contributed by atoms with van der Waals surface area (Å²) in [5.74, 6) is -0.513. The van der Waals surface area contributed by atoms with Crippen LogP contribution in [0.4, 0.5) is 15.8 Å². The van der Waals surface area contributed by atoms with Crippen molar-refractivity contribution in [3.8, 4) is 0 Å². The second-order valence-electron chi connectivity index (χ2n) is 4.18. The average Bonchev–Trinajstić information content (AvgIpc) is 2.43. The molecule has 0 bridgehead atoms. The fraction of sp³-hybridized carbons (Fsp3) is 0.133. The fourth-order valence-corrected chi connectivity index (χ4v) is 1.87. The second-order valence-corrected chi connectivity index (χ2v) is 4.59. The lowest BCUT2D eigenvalue weighted by Crippen LogP contribution is -2.16. The molecule has 0 fully saturated rings. The summed E-state index contributed by atoms with van der Waals surface area (Å²) in [5, 5.41) is 6.07. The Kier molecular flexibility index (Phi) is 4.96. The first-order chi connectivity index (χ1) is 9.66. The topological polar surface area (TPSA) is 41.1 Å². The molecule has 0 heterocycles. The maximum atomic E-state index is 13.3. The number of benzene rings is 2. The predicted octanol–water partition coefficient (Wildman–Crippen LogP) is 3.92. The SMILES string of the molecule is O=C(CCNc1ccccc1F)Nc1ccccc1Cl. The number of amides is 1. The van der Waals surface area contributed by atoms with Gasteiger partial charge in [0.05, 0.1) is 16.4 Å². The number of halogens is 2. The van der Waals surface area contributed by atoms with E-state index in [1.54, 1.807) is 42.5 Å². The van der Waals surface area contributed by atoms with Crippen molar-refractivity contribution < 1.29 is 9.18 Å². The maximum Gasteiger partial charge on any atom is 0.226 e. The van der Waals surface area contributed by atoms with Crippen LogP contribution in [-0.2, 0) is 4.79 Å². The largest absolute Gasteiger partial charge is 0.382 e. The van der Waals surface area contributed by atoms with E-state index in [9.17, 15) is 9.18 Å². The van der Waals surface area contributed by atoms with Gasteiger partial charge in [0.25, 0.3) is 0 Å². The van der Waals surface area contributed by atoms with Crippen LogP contribution in [0.2, 0.25) is 5.02 Å². The van der Waals surface area contributed by atoms with Gasteiger partial charge in [0.15, 0.2) is 0 Å². The minimum Gasteiger partial charge on any atom is -0.382 e. The highest BCUT2D eigenvalue weighted by molar-refractivity contribution is 6.33. The summed E-state index contributed by atoms with van der Waals surface area (Å²) < 4.78 is 13.3. The Hall–Kier alpha value is -2.07. The molecule has 0 aromatic heterocycles. The third kappa shape index (κ3) is 3.96. The van der Waals surface area contributed by atoms with E-state index in [1.165, 1.54) is 6.07 Å². The van der Waals surface area contributed by atoms with Crippen LogP contribution in [0.3, 0.4) is 0 Å². The highest BCUT2D eigenvalue weighted by atomic mass is 35.5. The minimum absolute atomic E-state index is 0.179. The zero-order chi connectivity index (χ0) is 14.4. The number of carbonyl (C=O) groups is 1. The van der Waals surface area contributed by atoms with Crippen LogP contribution >= 0.6 is 11.6 Å². The Balaban J connectivity index is 1.82. The molecular weight excluding hydrogens is 279 g/mol. The Morgan fingerprint density at radius 2 is 1.70 bits per heavy atom. The van der Waals surface area contributed by atoms with Crippen molar-refractivity contribution in [1.82, 2.24) is 0 Å². The van der Waals surface area contributed by atoms with Gasteiger partial charge in [-0.2, -0.15) is 0 Å². The van der Waals surface area contributed by atoms with Crippen LogP contribution in [0.15, 0.2) is 48.5 Å². The molecule has 3 nitrogen and oxygen atoms in total. The highest BCUT2D eigenvalue weighted by Gasteiger charge is 2.05. The van der Waals surface area contributed by atoms with E-state index >= 15 is 0 Å². The van der Waals surface area contributed by atoms with Crippen molar-refractivity contribution in [2.24, 2.45) is 0 Å². The normalized spacial score (nSPS) is 10.1. The molecular formula is C15H14ClFN2O. The van der Waals surface area contributed by atoms with E-state index in [2.05, 4.69) is 10.6 Å². The first kappa shape index (κ1) is 14.3. The molecule has 0 radical (unpaired) electrons. The van der Waals surface area contributed by atoms with E-state index in [-0.39, 0.29) is 18.1 Å². The number of nitrogens with one attached hydrogen (secondary N) is 2. The third-order valence-corrected chi connectivity index (χ3v) is 3.02. The number of hydrogen-bond donors (Lipinski definition) is 2. The molecule has 2 aromatic rings. The van der Waals surface area contributed by atoms with E-state index in [1.807, 2.05) is 0 Å². The number of para-hydroxylation sites is 2. The number of rotatable bonds is 5. The lowest BCUT2D eigenvalue weighted by molar-refractivity contribution is -0.115. The van der Waals surface area contributed by atoms with Crippen LogP contribution in [0.1, 0.15) is 6.42 Å². The molecule has 0 saturated carbocycles. The van der Waals surface area contributed by atoms with E-state index < -0.39 is 0 Å². The highest BCUT2D eigenvalue weighted by Crippen LogP contribution is 2.20. The van der Waals surface area contributed by atoms with Crippen molar-refractivity contribution >= 4 is 28.9 Å². The molecule has 2 N–H and O–H groups in total. The Bertz CT molecular complexity index is 604. The smallest absolute Gasteiger partial charge is 0.226 e. The van der Waals surface area contributed by atoms with Crippen molar-refractivity contribution in [2.75, 3.05) is 17.2 Å². The molecule has 2 aromatic carbocycles. The van der Waals surface area contributed by atoms with Crippen LogP contribution < -0.4 is 10.6 Å². The second kappa shape index (κ2) is 6.91. The van der Waals surface area contributed by atoms with E-state index in [4.69, 9.17) is 11.6 Å². The molecule has 20 heavy (non-hydrogen) atoms. The van der Waals surface area contributed by atoms with Gasteiger partial charge < -0.3 is 10.6 Å². The van der Waals surface area contributed by atoms with Crippen LogP contribution in [-0.4, -0.2) is 12.5 Å². The summed E-state index contributed by atoms with van der Waals surface area (Å²) in [5.41, 5.74) is 0.961. The van der Waals surface area contributed by atoms with Crippen LogP contribution in [0.5, 0.6) is 0 Å². The molecule has 0 aliphatic rings. The zero-order valence-electron chi connectivity index (χ0n) is 10.7. The first-order valence-corrected chi connectivity index (χ1v) is 6.57.